The molecule has 0 fully saturated rings. The summed E-state index contributed by atoms with van der Waals surface area (Å²) in [5.41, 5.74) is 13.1. The topological polar surface area (TPSA) is 18.5 Å². The monoisotopic (exact) mass is 874 g/mol. The zero-order valence-corrected chi connectivity index (χ0v) is 39.1. The van der Waals surface area contributed by atoms with Crippen molar-refractivity contribution in [2.24, 2.45) is 10.8 Å². The molecule has 0 heterocycles. The summed E-state index contributed by atoms with van der Waals surface area (Å²) in [5, 5.41) is 0. The van der Waals surface area contributed by atoms with Gasteiger partial charge in [-0.15, -0.1) is 11.6 Å². The van der Waals surface area contributed by atoms with E-state index in [4.69, 9.17) is 21.1 Å². The molecule has 0 aliphatic carbocycles. The van der Waals surface area contributed by atoms with Gasteiger partial charge in [0, 0.05) is 5.88 Å². The number of ether oxygens (including phenoxy) is 2. The highest BCUT2D eigenvalue weighted by Gasteiger charge is 2.34. The van der Waals surface area contributed by atoms with Crippen molar-refractivity contribution >= 4 is 11.6 Å². The minimum Gasteiger partial charge on any atom is -0.496 e. The summed E-state index contributed by atoms with van der Waals surface area (Å²) in [6.45, 7) is 2.16. The van der Waals surface area contributed by atoms with E-state index in [1.165, 1.54) is 50.1 Å². The lowest BCUT2D eigenvalue weighted by Gasteiger charge is -2.36. The number of rotatable bonds is 19. The number of alkyl halides is 1. The van der Waals surface area contributed by atoms with Crippen molar-refractivity contribution in [1.29, 1.82) is 0 Å². The van der Waals surface area contributed by atoms with Crippen LogP contribution in [-0.4, -0.2) is 14.2 Å². The third-order valence-corrected chi connectivity index (χ3v) is 12.9. The van der Waals surface area contributed by atoms with E-state index < -0.39 is 0 Å². The van der Waals surface area contributed by atoms with Crippen LogP contribution in [0.15, 0.2) is 218 Å². The number of methoxy groups -OCH3 is 2. The maximum atomic E-state index is 6.21. The van der Waals surface area contributed by atoms with Gasteiger partial charge in [0.05, 0.1) is 14.2 Å². The lowest BCUT2D eigenvalue weighted by Crippen LogP contribution is -2.32. The van der Waals surface area contributed by atoms with Gasteiger partial charge in [-0.05, 0) is 131 Å². The van der Waals surface area contributed by atoms with Gasteiger partial charge >= 0.3 is 0 Å². The van der Waals surface area contributed by atoms with Gasteiger partial charge in [0.1, 0.15) is 11.5 Å². The maximum Gasteiger partial charge on any atom is 0.122 e. The summed E-state index contributed by atoms with van der Waals surface area (Å²) in [4.78, 5) is 0. The summed E-state index contributed by atoms with van der Waals surface area (Å²) in [5.74, 6) is 2.41. The van der Waals surface area contributed by atoms with E-state index in [1.807, 2.05) is 0 Å². The zero-order chi connectivity index (χ0) is 45.2. The van der Waals surface area contributed by atoms with Crippen molar-refractivity contribution in [2.45, 2.75) is 64.2 Å². The highest BCUT2D eigenvalue weighted by atomic mass is 35.5. The van der Waals surface area contributed by atoms with Crippen LogP contribution in [0.2, 0.25) is 0 Å². The summed E-state index contributed by atoms with van der Waals surface area (Å²) < 4.78 is 11.6. The van der Waals surface area contributed by atoms with Crippen molar-refractivity contribution in [3.05, 3.63) is 274 Å². The fourth-order valence-corrected chi connectivity index (χ4v) is 10.00. The Kier molecular flexibility index (Phi) is 16.9. The average Bonchev–Trinajstić information content (AvgIpc) is 3.33. The minimum absolute atomic E-state index is 0.0190. The third kappa shape index (κ3) is 13.8. The zero-order valence-electron chi connectivity index (χ0n) is 38.3. The molecule has 2 nitrogen and oxygen atoms in total. The van der Waals surface area contributed by atoms with Crippen LogP contribution in [0.25, 0.3) is 0 Å². The van der Waals surface area contributed by atoms with Gasteiger partial charge in [-0.25, -0.2) is 0 Å². The van der Waals surface area contributed by atoms with Crippen LogP contribution in [0, 0.1) is 17.8 Å². The molecule has 330 valence electrons. The van der Waals surface area contributed by atoms with E-state index in [1.54, 1.807) is 14.2 Å². The molecule has 0 radical (unpaired) electrons. The Morgan fingerprint density at radius 1 is 0.323 bits per heavy atom. The third-order valence-electron chi connectivity index (χ3n) is 12.6. The molecule has 3 heteroatoms. The Hall–Kier alpha value is -6.35. The second-order valence-corrected chi connectivity index (χ2v) is 18.2. The van der Waals surface area contributed by atoms with Crippen molar-refractivity contribution in [1.82, 2.24) is 0 Å². The summed E-state index contributed by atoms with van der Waals surface area (Å²) in [6.07, 6.45) is 7.82. The Morgan fingerprint density at radius 2 is 0.600 bits per heavy atom. The Balaban J connectivity index is 0.000000194. The molecule has 0 atom stereocenters. The summed E-state index contributed by atoms with van der Waals surface area (Å²) in [7, 11) is 3.54. The van der Waals surface area contributed by atoms with Crippen molar-refractivity contribution < 1.29 is 9.47 Å². The van der Waals surface area contributed by atoms with Gasteiger partial charge in [0.2, 0.25) is 0 Å². The molecule has 8 rings (SSSR count). The van der Waals surface area contributed by atoms with Gasteiger partial charge in [-0.3, -0.25) is 0 Å². The van der Waals surface area contributed by atoms with Crippen LogP contribution in [0.5, 0.6) is 11.5 Å². The minimum atomic E-state index is -0.0255. The Bertz CT molecular complexity index is 2390. The molecule has 8 aromatic rings. The Morgan fingerprint density at radius 3 is 0.877 bits per heavy atom. The molecule has 0 aliphatic rings. The van der Waals surface area contributed by atoms with Crippen LogP contribution < -0.4 is 9.47 Å². The van der Waals surface area contributed by atoms with Crippen LogP contribution in [0.4, 0.5) is 0 Å². The molecule has 0 unspecified atom stereocenters. The fourth-order valence-electron chi connectivity index (χ4n) is 9.83. The largest absolute Gasteiger partial charge is 0.496 e. The highest BCUT2D eigenvalue weighted by Crippen LogP contribution is 2.40. The second-order valence-electron chi connectivity index (χ2n) is 17.9. The smallest absolute Gasteiger partial charge is 0.122 e. The van der Waals surface area contributed by atoms with Crippen LogP contribution in [-0.2, 0) is 57.2 Å². The van der Waals surface area contributed by atoms with Crippen molar-refractivity contribution in [3.8, 4) is 11.5 Å². The Labute approximate surface area is 393 Å². The highest BCUT2D eigenvalue weighted by molar-refractivity contribution is 6.17. The van der Waals surface area contributed by atoms with Crippen LogP contribution in [0.1, 0.15) is 55.6 Å². The first kappa shape index (κ1) is 46.6. The first-order valence-corrected chi connectivity index (χ1v) is 23.5. The molecule has 0 saturated heterocycles. The molecule has 0 aromatic heterocycles. The van der Waals surface area contributed by atoms with Crippen molar-refractivity contribution in [2.75, 3.05) is 14.2 Å². The van der Waals surface area contributed by atoms with Gasteiger partial charge in [0.15, 0.2) is 0 Å². The number of benzene rings is 8. The van der Waals surface area contributed by atoms with E-state index >= 15 is 0 Å². The number of halogens is 1. The van der Waals surface area contributed by atoms with E-state index in [2.05, 4.69) is 225 Å². The van der Waals surface area contributed by atoms with Gasteiger partial charge in [-0.2, -0.15) is 0 Å². The van der Waals surface area contributed by atoms with Gasteiger partial charge in [0.25, 0.3) is 0 Å². The standard InChI is InChI=1S/C31H31ClO.C31H32O/c1-33-30-18-17-28(24-32)19-29(30)23-31(20-25-11-5-2-6-12-25,21-26-13-7-3-8-14-26)22-27-15-9-4-10-16-27;1-25-18-19-30(32-2)29(20-25)24-31(21-26-12-6-3-7-13-26,22-27-14-8-4-9-15-27)23-28-16-10-5-11-17-28/h2-19H,20-24H2,1H3;3-20H,21-24H2,1-2H3. The molecule has 0 bridgehead atoms. The van der Waals surface area contributed by atoms with E-state index in [9.17, 15) is 0 Å². The molecule has 65 heavy (non-hydrogen) atoms. The summed E-state index contributed by atoms with van der Waals surface area (Å²) >= 11 is 6.21. The molecular formula is C62H63ClO2. The van der Waals surface area contributed by atoms with E-state index in [0.29, 0.717) is 5.88 Å². The van der Waals surface area contributed by atoms with E-state index in [-0.39, 0.29) is 10.8 Å². The van der Waals surface area contributed by atoms with Crippen LogP contribution >= 0.6 is 11.6 Å². The van der Waals surface area contributed by atoms with Gasteiger partial charge in [-0.1, -0.05) is 212 Å². The lowest BCUT2D eigenvalue weighted by molar-refractivity contribution is 0.270. The van der Waals surface area contributed by atoms with Gasteiger partial charge < -0.3 is 9.47 Å². The number of hydrogen-bond donors (Lipinski definition) is 0. The molecule has 8 aromatic carbocycles. The SMILES string of the molecule is COc1ccc(C)cc1CC(Cc1ccccc1)(Cc1ccccc1)Cc1ccccc1.COc1ccc(CCl)cc1CC(Cc1ccccc1)(Cc1ccccc1)Cc1ccccc1. The average molecular weight is 876 g/mol. The molecule has 0 amide bonds. The number of aryl methyl sites for hydroxylation is 1. The normalized spacial score (nSPS) is 11.3. The van der Waals surface area contributed by atoms with Crippen LogP contribution in [0.3, 0.4) is 0 Å². The fraction of sp³-hybridized carbons (Fsp3) is 0.226. The molecule has 0 spiro atoms. The lowest BCUT2D eigenvalue weighted by atomic mass is 9.68. The van der Waals surface area contributed by atoms with E-state index in [0.717, 1.165) is 68.4 Å². The first-order valence-electron chi connectivity index (χ1n) is 22.9. The predicted molar refractivity (Wildman–Crippen MR) is 273 cm³/mol. The molecular weight excluding hydrogens is 812 g/mol. The predicted octanol–water partition coefficient (Wildman–Crippen LogP) is 15.0. The van der Waals surface area contributed by atoms with Crippen molar-refractivity contribution in [3.63, 3.8) is 0 Å². The first-order chi connectivity index (χ1) is 31.8. The second kappa shape index (κ2) is 23.5. The number of hydrogen-bond acceptors (Lipinski definition) is 2. The quantitative estimate of drug-likeness (QED) is 0.0754. The molecule has 0 N–H and O–H groups in total. The molecule has 0 aliphatic heterocycles. The summed E-state index contributed by atoms with van der Waals surface area (Å²) in [6, 6.07) is 78.3. The molecule has 0 saturated carbocycles. The maximum absolute atomic E-state index is 6.21.